The summed E-state index contributed by atoms with van der Waals surface area (Å²) in [6.45, 7) is 4.68. The van der Waals surface area contributed by atoms with Crippen molar-refractivity contribution in [1.82, 2.24) is 4.90 Å². The van der Waals surface area contributed by atoms with Gasteiger partial charge in [0.15, 0.2) is 0 Å². The van der Waals surface area contributed by atoms with Crippen LogP contribution in [0.4, 0.5) is 10.5 Å². The number of rotatable bonds is 2. The summed E-state index contributed by atoms with van der Waals surface area (Å²) in [4.78, 5) is 15.2. The summed E-state index contributed by atoms with van der Waals surface area (Å²) in [7, 11) is 3.61. The van der Waals surface area contributed by atoms with E-state index in [1.807, 2.05) is 38.1 Å². The van der Waals surface area contributed by atoms with Crippen molar-refractivity contribution in [3.05, 3.63) is 29.8 Å². The Morgan fingerprint density at radius 3 is 2.40 bits per heavy atom. The lowest BCUT2D eigenvalue weighted by Gasteiger charge is -2.25. The fraction of sp³-hybridized carbons (Fsp3) is 0.417. The van der Waals surface area contributed by atoms with E-state index in [1.54, 1.807) is 23.9 Å². The topological polar surface area (TPSA) is 23.6 Å². The first kappa shape index (κ1) is 11.6. The van der Waals surface area contributed by atoms with Crippen molar-refractivity contribution >= 4 is 11.7 Å². The zero-order chi connectivity index (χ0) is 11.4. The van der Waals surface area contributed by atoms with Gasteiger partial charge in [-0.15, -0.1) is 0 Å². The molecule has 0 N–H and O–H groups in total. The Kier molecular flexibility index (Phi) is 3.72. The maximum absolute atomic E-state index is 11.9. The second-order valence-electron chi connectivity index (χ2n) is 3.64. The SMILES string of the molecule is CCN(C)C(=O)N(C)c1ccccc1C. The first-order valence-corrected chi connectivity index (χ1v) is 5.12. The molecule has 2 amide bonds. The average molecular weight is 206 g/mol. The van der Waals surface area contributed by atoms with Gasteiger partial charge in [0.2, 0.25) is 0 Å². The van der Waals surface area contributed by atoms with Gasteiger partial charge in [-0.3, -0.25) is 4.90 Å². The Hall–Kier alpha value is -1.51. The summed E-state index contributed by atoms with van der Waals surface area (Å²) in [5.74, 6) is 0. The first-order chi connectivity index (χ1) is 7.07. The smallest absolute Gasteiger partial charge is 0.323 e. The van der Waals surface area contributed by atoms with Crippen molar-refractivity contribution in [3.63, 3.8) is 0 Å². The van der Waals surface area contributed by atoms with Crippen LogP contribution < -0.4 is 4.90 Å². The largest absolute Gasteiger partial charge is 0.328 e. The van der Waals surface area contributed by atoms with E-state index in [4.69, 9.17) is 0 Å². The summed E-state index contributed by atoms with van der Waals surface area (Å²) < 4.78 is 0. The number of carbonyl (C=O) groups excluding carboxylic acids is 1. The molecule has 0 aliphatic heterocycles. The molecule has 1 aromatic carbocycles. The third-order valence-electron chi connectivity index (χ3n) is 2.56. The predicted octanol–water partition coefficient (Wildman–Crippen LogP) is 2.50. The molecule has 0 unspecified atom stereocenters. The van der Waals surface area contributed by atoms with E-state index < -0.39 is 0 Å². The standard InChI is InChI=1S/C12H18N2O/c1-5-13(3)12(15)14(4)11-9-7-6-8-10(11)2/h6-9H,5H2,1-4H3. The number of amides is 2. The molecule has 0 spiro atoms. The second kappa shape index (κ2) is 4.82. The first-order valence-electron chi connectivity index (χ1n) is 5.12. The summed E-state index contributed by atoms with van der Waals surface area (Å²) in [5, 5.41) is 0. The molecule has 0 saturated carbocycles. The molecular formula is C12H18N2O. The van der Waals surface area contributed by atoms with Crippen LogP contribution in [-0.4, -0.2) is 31.6 Å². The highest BCUT2D eigenvalue weighted by Crippen LogP contribution is 2.18. The molecule has 0 radical (unpaired) electrons. The number of aryl methyl sites for hydroxylation is 1. The van der Waals surface area contributed by atoms with Gasteiger partial charge in [-0.25, -0.2) is 4.79 Å². The number of urea groups is 1. The lowest BCUT2D eigenvalue weighted by Crippen LogP contribution is -2.38. The molecule has 0 aliphatic rings. The minimum Gasteiger partial charge on any atom is -0.328 e. The predicted molar refractivity (Wildman–Crippen MR) is 63.3 cm³/mol. The molecule has 0 saturated heterocycles. The monoisotopic (exact) mass is 206 g/mol. The summed E-state index contributed by atoms with van der Waals surface area (Å²) in [5.41, 5.74) is 2.07. The number of hydrogen-bond donors (Lipinski definition) is 0. The second-order valence-corrected chi connectivity index (χ2v) is 3.64. The van der Waals surface area contributed by atoms with Gasteiger partial charge in [0.05, 0.1) is 0 Å². The maximum Gasteiger partial charge on any atom is 0.323 e. The third kappa shape index (κ3) is 2.49. The lowest BCUT2D eigenvalue weighted by molar-refractivity contribution is 0.219. The van der Waals surface area contributed by atoms with Gasteiger partial charge in [-0.2, -0.15) is 0 Å². The number of para-hydroxylation sites is 1. The van der Waals surface area contributed by atoms with Crippen molar-refractivity contribution < 1.29 is 4.79 Å². The van der Waals surface area contributed by atoms with Crippen LogP contribution in [0.2, 0.25) is 0 Å². The molecule has 0 aromatic heterocycles. The molecule has 3 nitrogen and oxygen atoms in total. The lowest BCUT2D eigenvalue weighted by atomic mass is 10.2. The van der Waals surface area contributed by atoms with E-state index in [2.05, 4.69) is 0 Å². The van der Waals surface area contributed by atoms with Crippen molar-refractivity contribution in [2.24, 2.45) is 0 Å². The van der Waals surface area contributed by atoms with E-state index in [0.29, 0.717) is 0 Å². The molecule has 0 heterocycles. The minimum absolute atomic E-state index is 0.0202. The van der Waals surface area contributed by atoms with Gasteiger partial charge in [0, 0.05) is 26.3 Å². The molecule has 15 heavy (non-hydrogen) atoms. The number of nitrogens with zero attached hydrogens (tertiary/aromatic N) is 2. The van der Waals surface area contributed by atoms with Crippen LogP contribution in [0.3, 0.4) is 0 Å². The molecule has 1 aromatic rings. The number of anilines is 1. The Morgan fingerprint density at radius 1 is 1.27 bits per heavy atom. The van der Waals surface area contributed by atoms with E-state index in [0.717, 1.165) is 17.8 Å². The zero-order valence-corrected chi connectivity index (χ0v) is 9.82. The van der Waals surface area contributed by atoms with Gasteiger partial charge in [0.1, 0.15) is 0 Å². The molecule has 3 heteroatoms. The van der Waals surface area contributed by atoms with Crippen LogP contribution in [0.1, 0.15) is 12.5 Å². The van der Waals surface area contributed by atoms with E-state index >= 15 is 0 Å². The van der Waals surface area contributed by atoms with Crippen molar-refractivity contribution in [2.75, 3.05) is 25.5 Å². The fourth-order valence-corrected chi connectivity index (χ4v) is 1.43. The van der Waals surface area contributed by atoms with Gasteiger partial charge in [-0.05, 0) is 25.5 Å². The van der Waals surface area contributed by atoms with Crippen LogP contribution in [0.15, 0.2) is 24.3 Å². The van der Waals surface area contributed by atoms with Gasteiger partial charge in [0.25, 0.3) is 0 Å². The Bertz CT molecular complexity index is 349. The minimum atomic E-state index is 0.0202. The van der Waals surface area contributed by atoms with Crippen molar-refractivity contribution in [2.45, 2.75) is 13.8 Å². The van der Waals surface area contributed by atoms with Gasteiger partial charge in [-0.1, -0.05) is 18.2 Å². The molecule has 1 rings (SSSR count). The molecule has 0 aliphatic carbocycles. The highest BCUT2D eigenvalue weighted by atomic mass is 16.2. The fourth-order valence-electron chi connectivity index (χ4n) is 1.43. The van der Waals surface area contributed by atoms with Crippen LogP contribution in [-0.2, 0) is 0 Å². The molecule has 0 bridgehead atoms. The number of hydrogen-bond acceptors (Lipinski definition) is 1. The van der Waals surface area contributed by atoms with Crippen molar-refractivity contribution in [1.29, 1.82) is 0 Å². The van der Waals surface area contributed by atoms with E-state index in [9.17, 15) is 4.79 Å². The van der Waals surface area contributed by atoms with E-state index in [1.165, 1.54) is 0 Å². The number of benzene rings is 1. The van der Waals surface area contributed by atoms with Crippen LogP contribution in [0.25, 0.3) is 0 Å². The van der Waals surface area contributed by atoms with Crippen LogP contribution in [0, 0.1) is 6.92 Å². The zero-order valence-electron chi connectivity index (χ0n) is 9.82. The van der Waals surface area contributed by atoms with E-state index in [-0.39, 0.29) is 6.03 Å². The van der Waals surface area contributed by atoms with Crippen LogP contribution >= 0.6 is 0 Å². The third-order valence-corrected chi connectivity index (χ3v) is 2.56. The molecular weight excluding hydrogens is 188 g/mol. The summed E-state index contributed by atoms with van der Waals surface area (Å²) in [6, 6.07) is 7.90. The van der Waals surface area contributed by atoms with Crippen molar-refractivity contribution in [3.8, 4) is 0 Å². The summed E-state index contributed by atoms with van der Waals surface area (Å²) >= 11 is 0. The van der Waals surface area contributed by atoms with Gasteiger partial charge < -0.3 is 4.90 Å². The average Bonchev–Trinajstić information content (AvgIpc) is 2.26. The Morgan fingerprint density at radius 2 is 1.87 bits per heavy atom. The Labute approximate surface area is 91.3 Å². The number of carbonyl (C=O) groups is 1. The van der Waals surface area contributed by atoms with Crippen LogP contribution in [0.5, 0.6) is 0 Å². The highest BCUT2D eigenvalue weighted by molar-refractivity contribution is 5.92. The molecule has 0 fully saturated rings. The summed E-state index contributed by atoms with van der Waals surface area (Å²) in [6.07, 6.45) is 0. The maximum atomic E-state index is 11.9. The molecule has 82 valence electrons. The Balaban J connectivity index is 2.90. The molecule has 0 atom stereocenters. The quantitative estimate of drug-likeness (QED) is 0.729. The van der Waals surface area contributed by atoms with Gasteiger partial charge >= 0.3 is 6.03 Å². The highest BCUT2D eigenvalue weighted by Gasteiger charge is 2.15. The normalized spacial score (nSPS) is 9.87.